The Bertz CT molecular complexity index is 1280. The first kappa shape index (κ1) is 17.3. The molecule has 0 aromatic carbocycles. The first-order valence-corrected chi connectivity index (χ1v) is 11.8. The van der Waals surface area contributed by atoms with E-state index in [1.165, 1.54) is 0 Å². The second-order valence-corrected chi connectivity index (χ2v) is 10.4. The van der Waals surface area contributed by atoms with Crippen molar-refractivity contribution in [3.8, 4) is 0 Å². The van der Waals surface area contributed by atoms with E-state index in [4.69, 9.17) is 9.41 Å². The van der Waals surface area contributed by atoms with Crippen LogP contribution in [-0.4, -0.2) is 30.2 Å². The Hall–Kier alpha value is -3.56. The highest BCUT2D eigenvalue weighted by atomic mass is 32.3. The molecule has 1 atom stereocenters. The van der Waals surface area contributed by atoms with Gasteiger partial charge in [0, 0.05) is 29.7 Å². The van der Waals surface area contributed by atoms with Gasteiger partial charge in [0.1, 0.15) is 10.7 Å². The fourth-order valence-electron chi connectivity index (χ4n) is 3.75. The lowest BCUT2D eigenvalue weighted by molar-refractivity contribution is 0.472. The third kappa shape index (κ3) is 2.36. The summed E-state index contributed by atoms with van der Waals surface area (Å²) >= 11 is 1.69. The molecule has 5 aromatic rings. The van der Waals surface area contributed by atoms with Gasteiger partial charge in [0.25, 0.3) is 0 Å². The van der Waals surface area contributed by atoms with Gasteiger partial charge in [0.15, 0.2) is 10.9 Å². The van der Waals surface area contributed by atoms with Crippen LogP contribution in [0.4, 0.5) is 0 Å². The van der Waals surface area contributed by atoms with Crippen molar-refractivity contribution in [2.75, 3.05) is 0 Å². The van der Waals surface area contributed by atoms with Crippen molar-refractivity contribution in [1.82, 2.24) is 25.1 Å². The zero-order valence-electron chi connectivity index (χ0n) is 15.6. The number of hydrogen-bond donors (Lipinski definition) is 3. The normalized spacial score (nSPS) is 21.0. The molecule has 148 valence electrons. The van der Waals surface area contributed by atoms with Crippen molar-refractivity contribution in [3.63, 3.8) is 0 Å². The van der Waals surface area contributed by atoms with Gasteiger partial charge < -0.3 is 14.4 Å². The summed E-state index contributed by atoms with van der Waals surface area (Å²) in [5, 5.41) is 12.1. The first-order chi connectivity index (χ1) is 14.9. The number of rotatable bonds is 5. The molecular formula is C21H16N6OS2. The molecule has 1 aliphatic rings. The lowest BCUT2D eigenvalue weighted by Gasteiger charge is -2.35. The molecule has 0 bridgehead atoms. The molecule has 6 rings (SSSR count). The molecule has 3 N–H and O–H groups in total. The van der Waals surface area contributed by atoms with Crippen LogP contribution >= 0.6 is 21.4 Å². The minimum atomic E-state index is -2.06. The topological polar surface area (TPSA) is 98.7 Å². The average molecular weight is 433 g/mol. The van der Waals surface area contributed by atoms with Gasteiger partial charge in [-0.1, -0.05) is 16.1 Å². The van der Waals surface area contributed by atoms with Crippen molar-refractivity contribution >= 4 is 37.0 Å². The van der Waals surface area contributed by atoms with Crippen LogP contribution in [0.1, 0.15) is 16.4 Å². The van der Waals surface area contributed by atoms with E-state index >= 15 is 0 Å². The fraction of sp³-hybridized carbons (Fsp3) is 0. The first-order valence-electron chi connectivity index (χ1n) is 9.26. The van der Waals surface area contributed by atoms with Crippen LogP contribution in [0.25, 0.3) is 10.6 Å². The van der Waals surface area contributed by atoms with Gasteiger partial charge in [-0.2, -0.15) is 5.10 Å². The van der Waals surface area contributed by atoms with E-state index in [2.05, 4.69) is 48.7 Å². The predicted molar refractivity (Wildman–Crippen MR) is 118 cm³/mol. The molecule has 30 heavy (non-hydrogen) atoms. The van der Waals surface area contributed by atoms with E-state index in [-0.39, 0.29) is 0 Å². The van der Waals surface area contributed by atoms with Gasteiger partial charge in [0.2, 0.25) is 0 Å². The lowest BCUT2D eigenvalue weighted by atomic mass is 10.3. The number of hydrogen-bond acceptors (Lipinski definition) is 5. The summed E-state index contributed by atoms with van der Waals surface area (Å²) < 4.78 is 6.11. The molecule has 1 unspecified atom stereocenters. The Labute approximate surface area is 176 Å². The number of H-pyrrole nitrogens is 3. The monoisotopic (exact) mass is 432 g/mol. The number of furan rings is 1. The summed E-state index contributed by atoms with van der Waals surface area (Å²) in [5.41, 5.74) is 1.71. The van der Waals surface area contributed by atoms with Crippen LogP contribution in [0, 0.1) is 0 Å². The van der Waals surface area contributed by atoms with Crippen LogP contribution in [-0.2, 0) is 0 Å². The van der Waals surface area contributed by atoms with E-state index in [0.29, 0.717) is 0 Å². The van der Waals surface area contributed by atoms with Crippen LogP contribution in [0.15, 0.2) is 98.4 Å². The number of aromatic amines is 3. The maximum absolute atomic E-state index is 6.11. The largest absolute Gasteiger partial charge is 0.459 e. The Balaban J connectivity index is 1.78. The van der Waals surface area contributed by atoms with E-state index in [0.717, 1.165) is 42.2 Å². The standard InChI is InChI=1S/C21H16N6OS2/c1-5-16(22-8-1)30(17-6-2-12-28-17)19(15-4-3-13-29-15)18(14-7-9-25-27-14)26-21(30)20-23-10-11-24-20/h1-13,22H,(H,23,24)(H,25,27). The molecule has 0 saturated carbocycles. The van der Waals surface area contributed by atoms with E-state index in [1.54, 1.807) is 30.0 Å². The Morgan fingerprint density at radius 2 is 1.97 bits per heavy atom. The highest BCUT2D eigenvalue weighted by Gasteiger charge is 2.49. The molecule has 7 nitrogen and oxygen atoms in total. The van der Waals surface area contributed by atoms with Gasteiger partial charge in [-0.25, -0.2) is 9.98 Å². The van der Waals surface area contributed by atoms with Crippen molar-refractivity contribution in [1.29, 1.82) is 0 Å². The van der Waals surface area contributed by atoms with Crippen LogP contribution < -0.4 is 0 Å². The predicted octanol–water partition coefficient (Wildman–Crippen LogP) is 5.32. The minimum absolute atomic E-state index is 0.722. The van der Waals surface area contributed by atoms with Crippen molar-refractivity contribution < 1.29 is 4.42 Å². The van der Waals surface area contributed by atoms with E-state index < -0.39 is 10.0 Å². The Morgan fingerprint density at radius 3 is 2.63 bits per heavy atom. The van der Waals surface area contributed by atoms with Gasteiger partial charge in [-0.15, -0.1) is 11.3 Å². The maximum atomic E-state index is 6.11. The molecule has 9 heteroatoms. The highest BCUT2D eigenvalue weighted by Crippen LogP contribution is 2.76. The summed E-state index contributed by atoms with van der Waals surface area (Å²) in [6, 6.07) is 14.2. The molecule has 1 aliphatic heterocycles. The summed E-state index contributed by atoms with van der Waals surface area (Å²) in [6.07, 6.45) is 8.96. The molecule has 0 aliphatic carbocycles. The van der Waals surface area contributed by atoms with Crippen LogP contribution in [0.3, 0.4) is 0 Å². The summed E-state index contributed by atoms with van der Waals surface area (Å²) in [6.45, 7) is 0. The Morgan fingerprint density at radius 1 is 0.967 bits per heavy atom. The Kier molecular flexibility index (Phi) is 3.90. The molecular weight excluding hydrogens is 416 g/mol. The third-order valence-electron chi connectivity index (χ3n) is 4.92. The van der Waals surface area contributed by atoms with Crippen molar-refractivity contribution in [3.05, 3.63) is 95.3 Å². The quantitative estimate of drug-likeness (QED) is 0.350. The van der Waals surface area contributed by atoms with E-state index in [1.807, 2.05) is 36.7 Å². The van der Waals surface area contributed by atoms with Crippen molar-refractivity contribution in [2.24, 2.45) is 4.99 Å². The van der Waals surface area contributed by atoms with Crippen LogP contribution in [0.5, 0.6) is 0 Å². The maximum Gasteiger partial charge on any atom is 0.162 e. The van der Waals surface area contributed by atoms with Gasteiger partial charge in [-0.05, 0) is 41.8 Å². The zero-order chi connectivity index (χ0) is 20.0. The smallest absolute Gasteiger partial charge is 0.162 e. The number of nitrogens with one attached hydrogen (secondary N) is 3. The van der Waals surface area contributed by atoms with Crippen LogP contribution in [0.2, 0.25) is 0 Å². The fourth-order valence-corrected chi connectivity index (χ4v) is 8.62. The average Bonchev–Trinajstić information content (AvgIpc) is 3.62. The molecule has 0 saturated heterocycles. The molecule has 0 fully saturated rings. The van der Waals surface area contributed by atoms with Crippen molar-refractivity contribution in [2.45, 2.75) is 10.1 Å². The summed E-state index contributed by atoms with van der Waals surface area (Å²) in [4.78, 5) is 18.7. The molecule has 5 aromatic heterocycles. The molecule has 0 radical (unpaired) electrons. The number of nitrogens with zero attached hydrogens (tertiary/aromatic N) is 3. The minimum Gasteiger partial charge on any atom is -0.459 e. The summed E-state index contributed by atoms with van der Waals surface area (Å²) in [5.74, 6) is 0.722. The van der Waals surface area contributed by atoms with Gasteiger partial charge in [-0.3, -0.25) is 5.10 Å². The number of imidazole rings is 1. The van der Waals surface area contributed by atoms with Gasteiger partial charge >= 0.3 is 0 Å². The van der Waals surface area contributed by atoms with Gasteiger partial charge in [0.05, 0.1) is 21.9 Å². The van der Waals surface area contributed by atoms with E-state index in [9.17, 15) is 0 Å². The highest BCUT2D eigenvalue weighted by molar-refractivity contribution is 8.52. The number of aromatic nitrogens is 5. The summed E-state index contributed by atoms with van der Waals surface area (Å²) in [7, 11) is -2.06. The lowest BCUT2D eigenvalue weighted by Crippen LogP contribution is -2.15. The molecule has 0 amide bonds. The number of thiophene rings is 1. The zero-order valence-corrected chi connectivity index (χ0v) is 17.2. The number of aliphatic imine (C=N–C) groups is 1. The third-order valence-corrected chi connectivity index (χ3v) is 9.58. The second-order valence-electron chi connectivity index (χ2n) is 6.56. The second kappa shape index (κ2) is 6.75. The molecule has 0 spiro atoms. The molecule has 6 heterocycles. The SMILES string of the molecule is c1c[nH]c(S2(c3ccco3)C(c3ncc[nH]3)=NC(c3ccn[nH]3)=C2c2cccs2)c1.